The first-order valence-corrected chi connectivity index (χ1v) is 10.4. The van der Waals surface area contributed by atoms with Crippen LogP contribution in [0.4, 0.5) is 11.4 Å². The van der Waals surface area contributed by atoms with Gasteiger partial charge in [-0.3, -0.25) is 9.59 Å². The fourth-order valence-electron chi connectivity index (χ4n) is 3.65. The van der Waals surface area contributed by atoms with E-state index in [4.69, 9.17) is 9.47 Å². The van der Waals surface area contributed by atoms with E-state index in [1.807, 2.05) is 19.0 Å². The summed E-state index contributed by atoms with van der Waals surface area (Å²) < 4.78 is 10.6. The van der Waals surface area contributed by atoms with Crippen molar-refractivity contribution in [3.63, 3.8) is 0 Å². The SMILES string of the molecule is COc1cccc(NC(=O)C(=O)NC[C@@H](c2ccc(N(C)C)cc2)[NH+]2CCOCC2)c1. The van der Waals surface area contributed by atoms with E-state index in [-0.39, 0.29) is 6.04 Å². The van der Waals surface area contributed by atoms with E-state index in [1.54, 1.807) is 31.4 Å². The van der Waals surface area contributed by atoms with Crippen molar-refractivity contribution in [2.24, 2.45) is 0 Å². The molecule has 0 bridgehead atoms. The van der Waals surface area contributed by atoms with E-state index in [9.17, 15) is 9.59 Å². The molecule has 0 aromatic heterocycles. The number of carbonyl (C=O) groups excluding carboxylic acids is 2. The number of anilines is 2. The summed E-state index contributed by atoms with van der Waals surface area (Å²) >= 11 is 0. The van der Waals surface area contributed by atoms with Crippen LogP contribution in [0.15, 0.2) is 48.5 Å². The Balaban J connectivity index is 1.66. The number of quaternary nitrogens is 1. The molecule has 1 fully saturated rings. The molecule has 1 saturated heterocycles. The van der Waals surface area contributed by atoms with E-state index in [2.05, 4.69) is 34.9 Å². The minimum Gasteiger partial charge on any atom is -0.497 e. The van der Waals surface area contributed by atoms with Gasteiger partial charge in [-0.1, -0.05) is 18.2 Å². The predicted octanol–water partition coefficient (Wildman–Crippen LogP) is 0.472. The first kappa shape index (κ1) is 22.6. The molecule has 1 aliphatic heterocycles. The molecule has 0 spiro atoms. The summed E-state index contributed by atoms with van der Waals surface area (Å²) in [7, 11) is 5.55. The summed E-state index contributed by atoms with van der Waals surface area (Å²) in [5.74, 6) is -0.757. The zero-order chi connectivity index (χ0) is 22.2. The van der Waals surface area contributed by atoms with Gasteiger partial charge in [0.25, 0.3) is 0 Å². The van der Waals surface area contributed by atoms with Gasteiger partial charge in [-0.15, -0.1) is 0 Å². The number of hydrogen-bond donors (Lipinski definition) is 3. The monoisotopic (exact) mass is 427 g/mol. The maximum absolute atomic E-state index is 12.5. The molecule has 8 nitrogen and oxygen atoms in total. The van der Waals surface area contributed by atoms with Crippen molar-refractivity contribution in [1.29, 1.82) is 0 Å². The molecular formula is C23H31N4O4+. The zero-order valence-electron chi connectivity index (χ0n) is 18.3. The summed E-state index contributed by atoms with van der Waals surface area (Å²) in [5, 5.41) is 5.43. The highest BCUT2D eigenvalue weighted by atomic mass is 16.5. The summed E-state index contributed by atoms with van der Waals surface area (Å²) in [6.45, 7) is 3.44. The third-order valence-electron chi connectivity index (χ3n) is 5.44. The molecule has 1 heterocycles. The summed E-state index contributed by atoms with van der Waals surface area (Å²) in [4.78, 5) is 28.2. The largest absolute Gasteiger partial charge is 0.497 e. The van der Waals surface area contributed by atoms with Crippen LogP contribution in [0.2, 0.25) is 0 Å². The molecule has 2 amide bonds. The quantitative estimate of drug-likeness (QED) is 0.560. The van der Waals surface area contributed by atoms with E-state index in [1.165, 1.54) is 4.90 Å². The fraction of sp³-hybridized carbons (Fsp3) is 0.391. The standard InChI is InChI=1S/C23H30N4O4/c1-26(2)19-9-7-17(8-10-19)21(27-11-13-31-14-12-27)16-24-22(28)23(29)25-18-5-4-6-20(15-18)30-3/h4-10,15,21H,11-14,16H2,1-3H3,(H,24,28)(H,25,29)/p+1/t21-/m0/s1. The second kappa shape index (κ2) is 10.8. The van der Waals surface area contributed by atoms with Gasteiger partial charge in [-0.05, 0) is 24.3 Å². The summed E-state index contributed by atoms with van der Waals surface area (Å²) in [6, 6.07) is 15.2. The highest BCUT2D eigenvalue weighted by molar-refractivity contribution is 6.39. The molecule has 166 valence electrons. The zero-order valence-corrected chi connectivity index (χ0v) is 18.3. The van der Waals surface area contributed by atoms with Crippen LogP contribution in [0, 0.1) is 0 Å². The minimum absolute atomic E-state index is 0.0358. The smallest absolute Gasteiger partial charge is 0.313 e. The number of carbonyl (C=O) groups is 2. The summed E-state index contributed by atoms with van der Waals surface area (Å²) in [5.41, 5.74) is 2.74. The van der Waals surface area contributed by atoms with Gasteiger partial charge in [0.2, 0.25) is 0 Å². The van der Waals surface area contributed by atoms with Crippen LogP contribution in [-0.4, -0.2) is 65.9 Å². The van der Waals surface area contributed by atoms with Crippen molar-refractivity contribution in [3.05, 3.63) is 54.1 Å². The number of hydrogen-bond acceptors (Lipinski definition) is 5. The Hall–Kier alpha value is -3.10. The van der Waals surface area contributed by atoms with Gasteiger partial charge in [-0.25, -0.2) is 0 Å². The Morgan fingerprint density at radius 2 is 1.81 bits per heavy atom. The molecule has 0 radical (unpaired) electrons. The van der Waals surface area contributed by atoms with Crippen molar-refractivity contribution >= 4 is 23.2 Å². The van der Waals surface area contributed by atoms with Crippen molar-refractivity contribution < 1.29 is 24.0 Å². The topological polar surface area (TPSA) is 84.3 Å². The molecule has 2 aromatic rings. The second-order valence-electron chi connectivity index (χ2n) is 7.71. The third-order valence-corrected chi connectivity index (χ3v) is 5.44. The van der Waals surface area contributed by atoms with Crippen LogP contribution < -0.4 is 25.2 Å². The Morgan fingerprint density at radius 1 is 1.10 bits per heavy atom. The van der Waals surface area contributed by atoms with Crippen LogP contribution in [0.25, 0.3) is 0 Å². The predicted molar refractivity (Wildman–Crippen MR) is 120 cm³/mol. The second-order valence-corrected chi connectivity index (χ2v) is 7.71. The first-order chi connectivity index (χ1) is 15.0. The van der Waals surface area contributed by atoms with E-state index in [0.29, 0.717) is 31.2 Å². The van der Waals surface area contributed by atoms with Crippen LogP contribution in [0.1, 0.15) is 11.6 Å². The molecule has 1 atom stereocenters. The van der Waals surface area contributed by atoms with Crippen molar-refractivity contribution in [2.45, 2.75) is 6.04 Å². The number of benzene rings is 2. The van der Waals surface area contributed by atoms with Gasteiger partial charge in [0.1, 0.15) is 24.9 Å². The molecule has 3 N–H and O–H groups in total. The average molecular weight is 428 g/mol. The Bertz CT molecular complexity index is 879. The molecule has 0 aliphatic carbocycles. The third kappa shape index (κ3) is 6.19. The summed E-state index contributed by atoms with van der Waals surface area (Å²) in [6.07, 6.45) is 0. The van der Waals surface area contributed by atoms with Crippen molar-refractivity contribution in [2.75, 3.05) is 64.3 Å². The molecule has 31 heavy (non-hydrogen) atoms. The van der Waals surface area contributed by atoms with Crippen molar-refractivity contribution in [3.8, 4) is 5.75 Å². The van der Waals surface area contributed by atoms with Gasteiger partial charge in [-0.2, -0.15) is 0 Å². The Morgan fingerprint density at radius 3 is 2.45 bits per heavy atom. The minimum atomic E-state index is -0.702. The lowest BCUT2D eigenvalue weighted by Crippen LogP contribution is -3.15. The van der Waals surface area contributed by atoms with Crippen LogP contribution in [-0.2, 0) is 14.3 Å². The van der Waals surface area contributed by atoms with Crippen molar-refractivity contribution in [1.82, 2.24) is 5.32 Å². The average Bonchev–Trinajstić information content (AvgIpc) is 2.80. The van der Waals surface area contributed by atoms with Gasteiger partial charge < -0.3 is 29.9 Å². The molecule has 8 heteroatoms. The lowest BCUT2D eigenvalue weighted by Gasteiger charge is -2.32. The Kier molecular flexibility index (Phi) is 7.86. The number of amides is 2. The van der Waals surface area contributed by atoms with Crippen LogP contribution >= 0.6 is 0 Å². The number of rotatable bonds is 7. The van der Waals surface area contributed by atoms with Crippen LogP contribution in [0.5, 0.6) is 5.75 Å². The maximum atomic E-state index is 12.5. The lowest BCUT2D eigenvalue weighted by molar-refractivity contribution is -0.937. The van der Waals surface area contributed by atoms with Gasteiger partial charge >= 0.3 is 11.8 Å². The molecule has 1 aliphatic rings. The number of methoxy groups -OCH3 is 1. The van der Waals surface area contributed by atoms with E-state index in [0.717, 1.165) is 24.3 Å². The highest BCUT2D eigenvalue weighted by Crippen LogP contribution is 2.17. The van der Waals surface area contributed by atoms with E-state index < -0.39 is 11.8 Å². The van der Waals surface area contributed by atoms with Crippen LogP contribution in [0.3, 0.4) is 0 Å². The highest BCUT2D eigenvalue weighted by Gasteiger charge is 2.28. The lowest BCUT2D eigenvalue weighted by atomic mass is 10.0. The molecule has 0 saturated carbocycles. The number of nitrogens with one attached hydrogen (secondary N) is 3. The number of morpholine rings is 1. The molecule has 3 rings (SSSR count). The van der Waals surface area contributed by atoms with Gasteiger partial charge in [0.05, 0.1) is 26.9 Å². The van der Waals surface area contributed by atoms with Gasteiger partial charge in [0.15, 0.2) is 0 Å². The Labute approximate surface area is 183 Å². The number of ether oxygens (including phenoxy) is 2. The molecular weight excluding hydrogens is 396 g/mol. The maximum Gasteiger partial charge on any atom is 0.313 e. The molecule has 0 unspecified atom stereocenters. The number of nitrogens with zero attached hydrogens (tertiary/aromatic N) is 1. The van der Waals surface area contributed by atoms with E-state index >= 15 is 0 Å². The normalized spacial score (nSPS) is 15.1. The molecule has 2 aromatic carbocycles. The first-order valence-electron chi connectivity index (χ1n) is 10.4. The fourth-order valence-corrected chi connectivity index (χ4v) is 3.65. The van der Waals surface area contributed by atoms with Gasteiger partial charge in [0, 0.05) is 37.1 Å².